The second-order valence-electron chi connectivity index (χ2n) is 4.13. The average molecular weight is 312 g/mol. The predicted molar refractivity (Wildman–Crippen MR) is 72.4 cm³/mol. The normalized spacial score (nSPS) is 11.4. The van der Waals surface area contributed by atoms with Crippen molar-refractivity contribution in [1.29, 1.82) is 0 Å². The molecule has 2 rings (SSSR count). The molecule has 0 aliphatic carbocycles. The summed E-state index contributed by atoms with van der Waals surface area (Å²) in [5, 5.41) is 20.0. The number of benzene rings is 1. The minimum Gasteiger partial charge on any atom is -0.502 e. The maximum atomic E-state index is 12.0. The monoisotopic (exact) mass is 312 g/mol. The highest BCUT2D eigenvalue weighted by Crippen LogP contribution is 2.28. The number of hydrogen-bond donors (Lipinski definition) is 2. The Bertz CT molecular complexity index is 739. The Morgan fingerprint density at radius 2 is 2.10 bits per heavy atom. The lowest BCUT2D eigenvalue weighted by atomic mass is 10.3. The molecule has 0 saturated carbocycles. The van der Waals surface area contributed by atoms with Gasteiger partial charge in [-0.1, -0.05) is 0 Å². The van der Waals surface area contributed by atoms with Gasteiger partial charge in [-0.25, -0.2) is 13.1 Å². The van der Waals surface area contributed by atoms with Gasteiger partial charge in [0.05, 0.1) is 16.1 Å². The van der Waals surface area contributed by atoms with Crippen molar-refractivity contribution in [3.8, 4) is 5.75 Å². The number of phenolic OH excluding ortho intramolecular Hbond substituents is 1. The molecule has 21 heavy (non-hydrogen) atoms. The number of sulfonamides is 1. The Hall–Kier alpha value is -2.39. The first-order chi connectivity index (χ1) is 9.90. The summed E-state index contributed by atoms with van der Waals surface area (Å²) in [4.78, 5) is 9.55. The maximum Gasteiger partial charge on any atom is 0.312 e. The lowest BCUT2D eigenvalue weighted by molar-refractivity contribution is -0.386. The Morgan fingerprint density at radius 1 is 1.33 bits per heavy atom. The molecule has 0 aliphatic heterocycles. The van der Waals surface area contributed by atoms with Gasteiger partial charge in [-0.05, 0) is 24.3 Å². The van der Waals surface area contributed by atoms with Gasteiger partial charge in [0.2, 0.25) is 10.0 Å². The van der Waals surface area contributed by atoms with Crippen molar-refractivity contribution >= 4 is 15.7 Å². The van der Waals surface area contributed by atoms with Crippen LogP contribution >= 0.6 is 0 Å². The third kappa shape index (κ3) is 3.58. The molecule has 1 aromatic carbocycles. The summed E-state index contributed by atoms with van der Waals surface area (Å²) in [5.74, 6) is 0.0314. The van der Waals surface area contributed by atoms with Crippen molar-refractivity contribution in [2.75, 3.05) is 6.54 Å². The van der Waals surface area contributed by atoms with E-state index in [1.165, 1.54) is 6.26 Å². The number of aromatic hydroxyl groups is 1. The van der Waals surface area contributed by atoms with Gasteiger partial charge in [0.1, 0.15) is 5.76 Å². The molecule has 1 aromatic heterocycles. The van der Waals surface area contributed by atoms with E-state index in [9.17, 15) is 23.6 Å². The molecule has 0 aliphatic rings. The second kappa shape index (κ2) is 5.94. The Kier molecular flexibility index (Phi) is 4.24. The number of nitrogens with zero attached hydrogens (tertiary/aromatic N) is 1. The number of rotatable bonds is 6. The molecule has 0 fully saturated rings. The molecule has 8 nitrogen and oxygen atoms in total. The summed E-state index contributed by atoms with van der Waals surface area (Å²) >= 11 is 0. The topological polar surface area (TPSA) is 123 Å². The summed E-state index contributed by atoms with van der Waals surface area (Å²) in [7, 11) is -3.89. The van der Waals surface area contributed by atoms with E-state index in [4.69, 9.17) is 4.42 Å². The third-order valence-electron chi connectivity index (χ3n) is 2.70. The summed E-state index contributed by atoms with van der Waals surface area (Å²) < 4.78 is 31.4. The minimum atomic E-state index is -3.89. The first-order valence-electron chi connectivity index (χ1n) is 5.89. The van der Waals surface area contributed by atoms with Crippen LogP contribution in [0.2, 0.25) is 0 Å². The zero-order valence-corrected chi connectivity index (χ0v) is 11.5. The first kappa shape index (κ1) is 15.0. The molecule has 9 heteroatoms. The molecular weight excluding hydrogens is 300 g/mol. The van der Waals surface area contributed by atoms with Crippen LogP contribution in [0.15, 0.2) is 45.9 Å². The van der Waals surface area contributed by atoms with E-state index in [2.05, 4.69) is 4.72 Å². The molecule has 0 unspecified atom stereocenters. The van der Waals surface area contributed by atoms with Crippen molar-refractivity contribution < 1.29 is 22.9 Å². The van der Waals surface area contributed by atoms with E-state index in [0.717, 1.165) is 18.2 Å². The number of phenols is 1. The van der Waals surface area contributed by atoms with Gasteiger partial charge in [-0.2, -0.15) is 0 Å². The molecule has 0 atom stereocenters. The first-order valence-corrected chi connectivity index (χ1v) is 7.38. The van der Waals surface area contributed by atoms with Crippen molar-refractivity contribution in [3.05, 3.63) is 52.5 Å². The van der Waals surface area contributed by atoms with Gasteiger partial charge in [-0.3, -0.25) is 10.1 Å². The van der Waals surface area contributed by atoms with Crippen LogP contribution in [0.1, 0.15) is 5.76 Å². The Labute approximate surface area is 120 Å². The third-order valence-corrected chi connectivity index (χ3v) is 4.16. The number of furan rings is 1. The quantitative estimate of drug-likeness (QED) is 0.614. The molecule has 2 aromatic rings. The number of nitro groups is 1. The molecular formula is C12H12N2O6S. The van der Waals surface area contributed by atoms with Gasteiger partial charge in [-0.15, -0.1) is 0 Å². The van der Waals surface area contributed by atoms with Crippen LogP contribution in [-0.4, -0.2) is 25.0 Å². The summed E-state index contributed by atoms with van der Waals surface area (Å²) in [6, 6.07) is 6.27. The number of hydrogen-bond acceptors (Lipinski definition) is 6. The van der Waals surface area contributed by atoms with Gasteiger partial charge in [0.15, 0.2) is 5.75 Å². The van der Waals surface area contributed by atoms with Crippen LogP contribution in [0.3, 0.4) is 0 Å². The van der Waals surface area contributed by atoms with Crippen LogP contribution in [0.4, 0.5) is 5.69 Å². The van der Waals surface area contributed by atoms with E-state index in [1.54, 1.807) is 12.1 Å². The van der Waals surface area contributed by atoms with Crippen molar-refractivity contribution in [1.82, 2.24) is 4.72 Å². The van der Waals surface area contributed by atoms with Gasteiger partial charge in [0.25, 0.3) is 0 Å². The molecule has 0 spiro atoms. The Balaban J connectivity index is 2.12. The second-order valence-corrected chi connectivity index (χ2v) is 5.90. The van der Waals surface area contributed by atoms with Gasteiger partial charge >= 0.3 is 5.69 Å². The largest absolute Gasteiger partial charge is 0.502 e. The van der Waals surface area contributed by atoms with E-state index < -0.39 is 26.4 Å². The van der Waals surface area contributed by atoms with Crippen LogP contribution in [-0.2, 0) is 16.4 Å². The molecule has 2 N–H and O–H groups in total. The standard InChI is InChI=1S/C12H12N2O6S/c15-12-4-3-10(8-11(12)14(16)17)21(18,19)13-6-5-9-2-1-7-20-9/h1-4,7-8,13,15H,5-6H2. The SMILES string of the molecule is O=[N+]([O-])c1cc(S(=O)(=O)NCCc2ccco2)ccc1O. The average Bonchev–Trinajstić information content (AvgIpc) is 2.91. The summed E-state index contributed by atoms with van der Waals surface area (Å²) in [5.41, 5.74) is -0.663. The highest BCUT2D eigenvalue weighted by molar-refractivity contribution is 7.89. The van der Waals surface area contributed by atoms with Crippen LogP contribution in [0.25, 0.3) is 0 Å². The number of nitro benzene ring substituents is 1. The van der Waals surface area contributed by atoms with E-state index in [-0.39, 0.29) is 11.4 Å². The van der Waals surface area contributed by atoms with E-state index in [1.807, 2.05) is 0 Å². The van der Waals surface area contributed by atoms with Crippen molar-refractivity contribution in [2.45, 2.75) is 11.3 Å². The highest BCUT2D eigenvalue weighted by atomic mass is 32.2. The molecule has 112 valence electrons. The lowest BCUT2D eigenvalue weighted by Gasteiger charge is -2.06. The minimum absolute atomic E-state index is 0.0878. The van der Waals surface area contributed by atoms with Crippen molar-refractivity contribution in [2.24, 2.45) is 0 Å². The zero-order chi connectivity index (χ0) is 15.5. The fourth-order valence-electron chi connectivity index (χ4n) is 1.66. The van der Waals surface area contributed by atoms with Crippen LogP contribution in [0, 0.1) is 10.1 Å². The Morgan fingerprint density at radius 3 is 2.71 bits per heavy atom. The van der Waals surface area contributed by atoms with E-state index >= 15 is 0 Å². The van der Waals surface area contributed by atoms with E-state index in [0.29, 0.717) is 12.2 Å². The molecule has 0 bridgehead atoms. The maximum absolute atomic E-state index is 12.0. The zero-order valence-electron chi connectivity index (χ0n) is 10.7. The predicted octanol–water partition coefficient (Wildman–Crippen LogP) is 1.41. The van der Waals surface area contributed by atoms with Gasteiger partial charge < -0.3 is 9.52 Å². The fraction of sp³-hybridized carbons (Fsp3) is 0.167. The molecule has 0 amide bonds. The molecule has 0 saturated heterocycles. The van der Waals surface area contributed by atoms with Crippen molar-refractivity contribution in [3.63, 3.8) is 0 Å². The lowest BCUT2D eigenvalue weighted by Crippen LogP contribution is -2.26. The number of nitrogens with one attached hydrogen (secondary N) is 1. The smallest absolute Gasteiger partial charge is 0.312 e. The summed E-state index contributed by atoms with van der Waals surface area (Å²) in [6.07, 6.45) is 1.83. The van der Waals surface area contributed by atoms with Crippen LogP contribution in [0.5, 0.6) is 5.75 Å². The van der Waals surface area contributed by atoms with Crippen LogP contribution < -0.4 is 4.72 Å². The fourth-order valence-corrected chi connectivity index (χ4v) is 2.71. The molecule has 0 radical (unpaired) electrons. The summed E-state index contributed by atoms with van der Waals surface area (Å²) in [6.45, 7) is 0.0878. The van der Waals surface area contributed by atoms with Gasteiger partial charge in [0, 0.05) is 19.0 Å². The molecule has 1 heterocycles. The highest BCUT2D eigenvalue weighted by Gasteiger charge is 2.20.